The lowest BCUT2D eigenvalue weighted by Gasteiger charge is -2.42. The number of sulfonamides is 1. The summed E-state index contributed by atoms with van der Waals surface area (Å²) in [4.78, 5) is 12.8. The average molecular weight is 314 g/mol. The molecule has 0 aromatic carbocycles. The molecule has 110 valence electrons. The van der Waals surface area contributed by atoms with E-state index in [4.69, 9.17) is 0 Å². The maximum atomic E-state index is 12.8. The largest absolute Gasteiger partial charge is 0.351 e. The number of hydrogen-bond acceptors (Lipinski definition) is 4. The third-order valence-electron chi connectivity index (χ3n) is 4.02. The highest BCUT2D eigenvalue weighted by atomic mass is 32.2. The normalized spacial score (nSPS) is 27.9. The molecular weight excluding hydrogens is 296 g/mol. The summed E-state index contributed by atoms with van der Waals surface area (Å²) in [5.41, 5.74) is 0. The van der Waals surface area contributed by atoms with Gasteiger partial charge in [0, 0.05) is 17.0 Å². The molecule has 0 radical (unpaired) electrons. The Balaban J connectivity index is 1.96. The molecule has 1 saturated carbocycles. The Morgan fingerprint density at radius 3 is 2.75 bits per heavy atom. The minimum atomic E-state index is -3.55. The topological polar surface area (TPSA) is 66.5 Å². The highest BCUT2D eigenvalue weighted by molar-refractivity contribution is 7.91. The predicted octanol–water partition coefficient (Wildman–Crippen LogP) is 1.49. The van der Waals surface area contributed by atoms with Gasteiger partial charge in [0.05, 0.1) is 6.54 Å². The lowest BCUT2D eigenvalue weighted by molar-refractivity contribution is -0.125. The molecule has 2 fully saturated rings. The maximum Gasteiger partial charge on any atom is 0.253 e. The lowest BCUT2D eigenvalue weighted by atomic mass is 9.89. The van der Waals surface area contributed by atoms with Crippen molar-refractivity contribution in [2.75, 3.05) is 6.54 Å². The second-order valence-corrected chi connectivity index (χ2v) is 8.85. The van der Waals surface area contributed by atoms with Gasteiger partial charge in [0.2, 0.25) is 5.91 Å². The van der Waals surface area contributed by atoms with Crippen LogP contribution in [0.1, 0.15) is 30.6 Å². The minimum absolute atomic E-state index is 0.0270. The van der Waals surface area contributed by atoms with E-state index in [1.807, 2.05) is 6.92 Å². The Morgan fingerprint density at radius 2 is 2.05 bits per heavy atom. The van der Waals surface area contributed by atoms with Crippen LogP contribution in [0.2, 0.25) is 0 Å². The molecule has 0 spiro atoms. The van der Waals surface area contributed by atoms with E-state index in [-0.39, 0.29) is 24.5 Å². The Labute approximate surface area is 123 Å². The molecule has 0 bridgehead atoms. The monoisotopic (exact) mass is 314 g/mol. The van der Waals surface area contributed by atoms with E-state index in [9.17, 15) is 13.2 Å². The van der Waals surface area contributed by atoms with Crippen LogP contribution in [0.15, 0.2) is 16.3 Å². The number of amides is 1. The predicted molar refractivity (Wildman–Crippen MR) is 77.1 cm³/mol. The van der Waals surface area contributed by atoms with Crippen LogP contribution in [0.25, 0.3) is 0 Å². The molecule has 0 unspecified atom stereocenters. The van der Waals surface area contributed by atoms with E-state index in [2.05, 4.69) is 5.32 Å². The van der Waals surface area contributed by atoms with Gasteiger partial charge in [-0.1, -0.05) is 12.8 Å². The standard InChI is InChI=1S/C13H18N2O3S2/c1-9-6-7-13(19-9)20(17,18)15-8-12(16)14-10-4-2-3-5-11(10)15/h6-7,10-11H,2-5,8H2,1H3,(H,14,16)/t10-,11-/m0/s1. The number of hydrogen-bond donors (Lipinski definition) is 1. The summed E-state index contributed by atoms with van der Waals surface area (Å²) in [6.07, 6.45) is 3.76. The van der Waals surface area contributed by atoms with Gasteiger partial charge in [-0.15, -0.1) is 11.3 Å². The number of carbonyl (C=O) groups is 1. The average Bonchev–Trinajstić information content (AvgIpc) is 2.85. The molecule has 1 aliphatic heterocycles. The van der Waals surface area contributed by atoms with Gasteiger partial charge >= 0.3 is 0 Å². The van der Waals surface area contributed by atoms with Crippen molar-refractivity contribution in [3.05, 3.63) is 17.0 Å². The zero-order valence-electron chi connectivity index (χ0n) is 11.3. The fourth-order valence-electron chi connectivity index (χ4n) is 3.07. The van der Waals surface area contributed by atoms with E-state index in [1.165, 1.54) is 15.6 Å². The summed E-state index contributed by atoms with van der Waals surface area (Å²) in [6, 6.07) is 3.33. The molecule has 1 aromatic rings. The number of aryl methyl sites for hydroxylation is 1. The molecule has 1 N–H and O–H groups in total. The number of piperazine rings is 1. The molecule has 1 aliphatic carbocycles. The number of rotatable bonds is 2. The molecule has 1 aromatic heterocycles. The number of carbonyl (C=O) groups excluding carboxylic acids is 1. The molecular formula is C13H18N2O3S2. The summed E-state index contributed by atoms with van der Waals surface area (Å²) in [7, 11) is -3.55. The highest BCUT2D eigenvalue weighted by Crippen LogP contribution is 2.32. The van der Waals surface area contributed by atoms with Crippen LogP contribution in [-0.4, -0.2) is 37.3 Å². The van der Waals surface area contributed by atoms with Crippen molar-refractivity contribution in [1.82, 2.24) is 9.62 Å². The van der Waals surface area contributed by atoms with Crippen LogP contribution in [0, 0.1) is 6.92 Å². The zero-order valence-corrected chi connectivity index (χ0v) is 13.0. The smallest absolute Gasteiger partial charge is 0.253 e. The van der Waals surface area contributed by atoms with Gasteiger partial charge in [-0.3, -0.25) is 4.79 Å². The van der Waals surface area contributed by atoms with E-state index >= 15 is 0 Å². The Morgan fingerprint density at radius 1 is 1.30 bits per heavy atom. The summed E-state index contributed by atoms with van der Waals surface area (Å²) in [5, 5.41) is 2.94. The van der Waals surface area contributed by atoms with Crippen LogP contribution in [0.4, 0.5) is 0 Å². The van der Waals surface area contributed by atoms with Crippen LogP contribution < -0.4 is 5.32 Å². The van der Waals surface area contributed by atoms with Crippen molar-refractivity contribution >= 4 is 27.3 Å². The Bertz CT molecular complexity index is 623. The lowest BCUT2D eigenvalue weighted by Crippen LogP contribution is -2.62. The van der Waals surface area contributed by atoms with Gasteiger partial charge in [0.15, 0.2) is 0 Å². The summed E-state index contributed by atoms with van der Waals surface area (Å²) in [6.45, 7) is 1.83. The second-order valence-electron chi connectivity index (χ2n) is 5.44. The van der Waals surface area contributed by atoms with Crippen LogP contribution >= 0.6 is 11.3 Å². The van der Waals surface area contributed by atoms with Gasteiger partial charge in [0.25, 0.3) is 10.0 Å². The molecule has 7 heteroatoms. The number of nitrogens with one attached hydrogen (secondary N) is 1. The molecule has 2 atom stereocenters. The van der Waals surface area contributed by atoms with Crippen molar-refractivity contribution in [1.29, 1.82) is 0 Å². The summed E-state index contributed by atoms with van der Waals surface area (Å²) < 4.78 is 27.3. The van der Waals surface area contributed by atoms with Gasteiger partial charge in [-0.25, -0.2) is 8.42 Å². The third kappa shape index (κ3) is 2.38. The first-order valence-electron chi connectivity index (χ1n) is 6.86. The van der Waals surface area contributed by atoms with Gasteiger partial charge in [0.1, 0.15) is 4.21 Å². The van der Waals surface area contributed by atoms with E-state index in [1.54, 1.807) is 12.1 Å². The molecule has 20 heavy (non-hydrogen) atoms. The quantitative estimate of drug-likeness (QED) is 0.899. The SMILES string of the molecule is Cc1ccc(S(=O)(=O)N2CC(=O)N[C@H]3CCCC[C@@H]32)s1. The Kier molecular flexibility index (Phi) is 3.60. The van der Waals surface area contributed by atoms with Crippen LogP contribution in [-0.2, 0) is 14.8 Å². The summed E-state index contributed by atoms with van der Waals surface area (Å²) >= 11 is 1.27. The highest BCUT2D eigenvalue weighted by Gasteiger charge is 2.43. The van der Waals surface area contributed by atoms with Gasteiger partial charge in [-0.2, -0.15) is 4.31 Å². The van der Waals surface area contributed by atoms with Crippen LogP contribution in [0.3, 0.4) is 0 Å². The van der Waals surface area contributed by atoms with E-state index in [0.717, 1.165) is 30.6 Å². The molecule has 1 amide bonds. The second kappa shape index (κ2) is 5.13. The Hall–Kier alpha value is -0.920. The molecule has 1 saturated heterocycles. The number of nitrogens with zero attached hydrogens (tertiary/aromatic N) is 1. The van der Waals surface area contributed by atoms with Crippen molar-refractivity contribution in [2.24, 2.45) is 0 Å². The van der Waals surface area contributed by atoms with Crippen molar-refractivity contribution in [3.63, 3.8) is 0 Å². The molecule has 5 nitrogen and oxygen atoms in total. The minimum Gasteiger partial charge on any atom is -0.351 e. The first-order chi connectivity index (χ1) is 9.48. The van der Waals surface area contributed by atoms with E-state index < -0.39 is 10.0 Å². The molecule has 3 rings (SSSR count). The zero-order chi connectivity index (χ0) is 14.3. The van der Waals surface area contributed by atoms with Crippen molar-refractivity contribution in [2.45, 2.75) is 48.9 Å². The van der Waals surface area contributed by atoms with Crippen molar-refractivity contribution in [3.8, 4) is 0 Å². The van der Waals surface area contributed by atoms with Crippen molar-refractivity contribution < 1.29 is 13.2 Å². The first kappa shape index (κ1) is 14.0. The number of thiophene rings is 1. The third-order valence-corrected chi connectivity index (χ3v) is 7.36. The van der Waals surface area contributed by atoms with E-state index in [0.29, 0.717) is 4.21 Å². The fraction of sp³-hybridized carbons (Fsp3) is 0.615. The fourth-order valence-corrected chi connectivity index (χ4v) is 6.12. The summed E-state index contributed by atoms with van der Waals surface area (Å²) in [5.74, 6) is -0.190. The number of fused-ring (bicyclic) bond motifs is 1. The van der Waals surface area contributed by atoms with Gasteiger partial charge in [-0.05, 0) is 31.9 Å². The maximum absolute atomic E-state index is 12.8. The molecule has 2 aliphatic rings. The van der Waals surface area contributed by atoms with Gasteiger partial charge < -0.3 is 5.32 Å². The molecule has 2 heterocycles. The first-order valence-corrected chi connectivity index (χ1v) is 9.12. The van der Waals surface area contributed by atoms with Crippen LogP contribution in [0.5, 0.6) is 0 Å².